The Labute approximate surface area is 34.8 Å². The van der Waals surface area contributed by atoms with E-state index in [2.05, 4.69) is 6.92 Å². The molecule has 0 aliphatic heterocycles. The fraction of sp³-hybridized carbons (Fsp3) is 1.00. The molecule has 0 unspecified atom stereocenters. The topological polar surface area (TPSA) is 20.2 Å². The molecule has 1 nitrogen and oxygen atoms in total. The highest BCUT2D eigenvalue weighted by atomic mass is 28.2. The van der Waals surface area contributed by atoms with E-state index in [1.807, 2.05) is 0 Å². The maximum absolute atomic E-state index is 8.08. The Morgan fingerprint density at radius 1 is 1.80 bits per heavy atom. The zero-order chi connectivity index (χ0) is 4.12. The molecular formula is C3H8OSi. The van der Waals surface area contributed by atoms with Crippen molar-refractivity contribution in [2.45, 2.75) is 13.0 Å². The van der Waals surface area contributed by atoms with Gasteiger partial charge in [0.2, 0.25) is 0 Å². The Bertz CT molecular complexity index is 14.4. The average molecular weight is 88.2 g/mol. The summed E-state index contributed by atoms with van der Waals surface area (Å²) in [6, 6.07) is 1.12. The molecule has 30 valence electrons. The molecule has 0 saturated heterocycles. The van der Waals surface area contributed by atoms with Gasteiger partial charge in [0.1, 0.15) is 0 Å². The third-order valence-electron chi connectivity index (χ3n) is 0.362. The summed E-state index contributed by atoms with van der Waals surface area (Å²) >= 11 is 0. The van der Waals surface area contributed by atoms with Crippen LogP contribution in [0.5, 0.6) is 0 Å². The van der Waals surface area contributed by atoms with Gasteiger partial charge in [0.15, 0.2) is 0 Å². The monoisotopic (exact) mass is 88.0 g/mol. The summed E-state index contributed by atoms with van der Waals surface area (Å²) < 4.78 is 0. The lowest BCUT2D eigenvalue weighted by Crippen LogP contribution is -1.91. The van der Waals surface area contributed by atoms with Crippen molar-refractivity contribution in [3.8, 4) is 0 Å². The predicted molar refractivity (Wildman–Crippen MR) is 23.3 cm³/mol. The van der Waals surface area contributed by atoms with Gasteiger partial charge < -0.3 is 5.11 Å². The molecule has 0 aliphatic rings. The standard InChI is InChI=1S/C3H8OSi/c1-2-5-3-4/h4H,2-3H2,1H3. The van der Waals surface area contributed by atoms with Crippen LogP contribution in [0.15, 0.2) is 0 Å². The van der Waals surface area contributed by atoms with E-state index in [1.54, 1.807) is 0 Å². The van der Waals surface area contributed by atoms with E-state index in [4.69, 9.17) is 5.11 Å². The second-order valence-corrected chi connectivity index (χ2v) is 2.29. The zero-order valence-electron chi connectivity index (χ0n) is 3.36. The summed E-state index contributed by atoms with van der Waals surface area (Å²) in [6.07, 6.45) is 0.372. The second kappa shape index (κ2) is 4.18. The van der Waals surface area contributed by atoms with E-state index in [0.29, 0.717) is 6.23 Å². The van der Waals surface area contributed by atoms with Gasteiger partial charge in [0, 0.05) is 6.23 Å². The van der Waals surface area contributed by atoms with E-state index < -0.39 is 0 Å². The molecule has 2 heteroatoms. The van der Waals surface area contributed by atoms with Gasteiger partial charge in [0.25, 0.3) is 0 Å². The van der Waals surface area contributed by atoms with Crippen molar-refractivity contribution in [3.63, 3.8) is 0 Å². The van der Waals surface area contributed by atoms with Crippen molar-refractivity contribution in [1.82, 2.24) is 0 Å². The molecule has 0 fully saturated rings. The number of aliphatic hydroxyl groups is 1. The first-order valence-electron chi connectivity index (χ1n) is 1.73. The zero-order valence-corrected chi connectivity index (χ0v) is 4.36. The molecule has 0 heterocycles. The van der Waals surface area contributed by atoms with Gasteiger partial charge in [0.05, 0.1) is 9.52 Å². The lowest BCUT2D eigenvalue weighted by atomic mass is 11.0. The lowest BCUT2D eigenvalue weighted by molar-refractivity contribution is 0.366. The van der Waals surface area contributed by atoms with Crippen LogP contribution in [-0.4, -0.2) is 20.9 Å². The van der Waals surface area contributed by atoms with Crippen LogP contribution in [0.25, 0.3) is 0 Å². The van der Waals surface area contributed by atoms with Gasteiger partial charge >= 0.3 is 0 Å². The molecular weight excluding hydrogens is 80.1 g/mol. The molecule has 0 aromatic rings. The normalized spacial score (nSPS) is 8.40. The average Bonchev–Trinajstić information content (AvgIpc) is 1.41. The van der Waals surface area contributed by atoms with Gasteiger partial charge in [-0.05, 0) is 0 Å². The van der Waals surface area contributed by atoms with Crippen LogP contribution in [-0.2, 0) is 0 Å². The minimum absolute atomic E-state index is 0.372. The maximum Gasteiger partial charge on any atom is 0.0726 e. The molecule has 0 spiro atoms. The van der Waals surface area contributed by atoms with E-state index in [0.717, 1.165) is 15.6 Å². The van der Waals surface area contributed by atoms with Crippen molar-refractivity contribution in [1.29, 1.82) is 0 Å². The summed E-state index contributed by atoms with van der Waals surface area (Å²) in [7, 11) is 0.753. The molecule has 0 atom stereocenters. The predicted octanol–water partition coefficient (Wildman–Crippen LogP) is 0.0786. The first-order chi connectivity index (χ1) is 2.41. The number of hydrogen-bond acceptors (Lipinski definition) is 1. The minimum Gasteiger partial charge on any atom is -0.400 e. The van der Waals surface area contributed by atoms with E-state index in [9.17, 15) is 0 Å². The highest BCUT2D eigenvalue weighted by Gasteiger charge is 1.72. The summed E-state index contributed by atoms with van der Waals surface area (Å²) in [5.41, 5.74) is 0. The van der Waals surface area contributed by atoms with E-state index in [-0.39, 0.29) is 0 Å². The Morgan fingerprint density at radius 2 is 2.40 bits per heavy atom. The summed E-state index contributed by atoms with van der Waals surface area (Å²) in [4.78, 5) is 0. The Kier molecular flexibility index (Phi) is 4.32. The van der Waals surface area contributed by atoms with Crippen LogP contribution >= 0.6 is 0 Å². The molecule has 1 N–H and O–H groups in total. The van der Waals surface area contributed by atoms with Crippen molar-refractivity contribution in [3.05, 3.63) is 0 Å². The molecule has 0 amide bonds. The van der Waals surface area contributed by atoms with Crippen LogP contribution in [0.4, 0.5) is 0 Å². The molecule has 0 bridgehead atoms. The SMILES string of the molecule is CC[Si]CO. The molecule has 2 radical (unpaired) electrons. The van der Waals surface area contributed by atoms with Gasteiger partial charge in [-0.1, -0.05) is 13.0 Å². The van der Waals surface area contributed by atoms with Gasteiger partial charge in [-0.25, -0.2) is 0 Å². The van der Waals surface area contributed by atoms with Crippen molar-refractivity contribution >= 4 is 9.52 Å². The first kappa shape index (κ1) is 5.18. The Hall–Kier alpha value is 0.177. The largest absolute Gasteiger partial charge is 0.400 e. The van der Waals surface area contributed by atoms with Crippen LogP contribution in [0.3, 0.4) is 0 Å². The van der Waals surface area contributed by atoms with Gasteiger partial charge in [-0.15, -0.1) is 0 Å². The molecule has 0 aliphatic carbocycles. The molecule has 0 saturated carbocycles. The minimum atomic E-state index is 0.372. The van der Waals surface area contributed by atoms with Crippen LogP contribution in [0.1, 0.15) is 6.92 Å². The Balaban J connectivity index is 2.19. The van der Waals surface area contributed by atoms with Gasteiger partial charge in [-0.3, -0.25) is 0 Å². The highest BCUT2D eigenvalue weighted by Crippen LogP contribution is 1.66. The third kappa shape index (κ3) is 4.18. The molecule has 0 rings (SSSR count). The highest BCUT2D eigenvalue weighted by molar-refractivity contribution is 6.34. The summed E-state index contributed by atoms with van der Waals surface area (Å²) in [6.45, 7) is 2.06. The molecule has 0 aromatic carbocycles. The van der Waals surface area contributed by atoms with Crippen LogP contribution < -0.4 is 0 Å². The smallest absolute Gasteiger partial charge is 0.0726 e. The van der Waals surface area contributed by atoms with Crippen molar-refractivity contribution in [2.24, 2.45) is 0 Å². The van der Waals surface area contributed by atoms with Crippen molar-refractivity contribution in [2.75, 3.05) is 6.23 Å². The Morgan fingerprint density at radius 3 is 2.40 bits per heavy atom. The number of aliphatic hydroxyl groups excluding tert-OH is 1. The van der Waals surface area contributed by atoms with Crippen LogP contribution in [0.2, 0.25) is 6.04 Å². The second-order valence-electron chi connectivity index (χ2n) is 0.762. The maximum atomic E-state index is 8.08. The first-order valence-corrected chi connectivity index (χ1v) is 3.14. The van der Waals surface area contributed by atoms with E-state index >= 15 is 0 Å². The fourth-order valence-corrected chi connectivity index (χ4v) is 0.335. The summed E-state index contributed by atoms with van der Waals surface area (Å²) in [5.74, 6) is 0. The quantitative estimate of drug-likeness (QED) is 0.474. The number of hydrogen-bond donors (Lipinski definition) is 1. The lowest BCUT2D eigenvalue weighted by Gasteiger charge is -1.76. The van der Waals surface area contributed by atoms with E-state index in [1.165, 1.54) is 0 Å². The van der Waals surface area contributed by atoms with Crippen LogP contribution in [0, 0.1) is 0 Å². The van der Waals surface area contributed by atoms with Crippen molar-refractivity contribution < 1.29 is 5.11 Å². The fourth-order valence-electron chi connectivity index (χ4n) is 0.112. The summed E-state index contributed by atoms with van der Waals surface area (Å²) in [5, 5.41) is 8.08. The third-order valence-corrected chi connectivity index (χ3v) is 1.09. The van der Waals surface area contributed by atoms with Gasteiger partial charge in [-0.2, -0.15) is 0 Å². The molecule has 5 heavy (non-hydrogen) atoms. The number of rotatable bonds is 2. The molecule has 0 aromatic heterocycles.